The van der Waals surface area contributed by atoms with E-state index in [1.807, 2.05) is 0 Å². The maximum Gasteiger partial charge on any atom is 0.00922 e. The van der Waals surface area contributed by atoms with Gasteiger partial charge < -0.3 is 4.90 Å². The Labute approximate surface area is 98.4 Å². The summed E-state index contributed by atoms with van der Waals surface area (Å²) >= 11 is 4.23. The van der Waals surface area contributed by atoms with Crippen molar-refractivity contribution in [3.05, 3.63) is 0 Å². The number of nitrogens with zero attached hydrogens (tertiary/aromatic N) is 1. The fourth-order valence-electron chi connectivity index (χ4n) is 2.00. The summed E-state index contributed by atoms with van der Waals surface area (Å²) in [7, 11) is 2.27. The Morgan fingerprint density at radius 1 is 1.31 bits per heavy atom. The van der Waals surface area contributed by atoms with Gasteiger partial charge in [-0.05, 0) is 45.0 Å². The van der Waals surface area contributed by atoms with Crippen LogP contribution in [0.15, 0.2) is 0 Å². The minimum atomic E-state index is 0. The average Bonchev–Trinajstić information content (AvgIpc) is 2.09. The standard InChI is InChI=1S/C10H21NS.BrH/c1-11-8-4-2-6-10(11)7-3-5-9-12;/h10,12H,2-9H2,1H3;1H. The third kappa shape index (κ3) is 5.28. The van der Waals surface area contributed by atoms with E-state index >= 15 is 0 Å². The zero-order chi connectivity index (χ0) is 8.81. The van der Waals surface area contributed by atoms with E-state index in [0.717, 1.165) is 11.8 Å². The van der Waals surface area contributed by atoms with Crippen LogP contribution in [0.3, 0.4) is 0 Å². The Morgan fingerprint density at radius 3 is 2.69 bits per heavy atom. The molecule has 0 aromatic heterocycles. The quantitative estimate of drug-likeness (QED) is 0.605. The average molecular weight is 268 g/mol. The van der Waals surface area contributed by atoms with Crippen molar-refractivity contribution in [2.24, 2.45) is 0 Å². The van der Waals surface area contributed by atoms with Crippen molar-refractivity contribution in [3.63, 3.8) is 0 Å². The number of halogens is 1. The molecule has 3 heteroatoms. The van der Waals surface area contributed by atoms with Crippen molar-refractivity contribution in [1.82, 2.24) is 4.90 Å². The maximum atomic E-state index is 4.23. The van der Waals surface area contributed by atoms with E-state index in [1.54, 1.807) is 0 Å². The van der Waals surface area contributed by atoms with Gasteiger partial charge >= 0.3 is 0 Å². The molecule has 0 radical (unpaired) electrons. The van der Waals surface area contributed by atoms with Crippen LogP contribution < -0.4 is 0 Å². The van der Waals surface area contributed by atoms with Gasteiger partial charge in [0.15, 0.2) is 0 Å². The highest BCUT2D eigenvalue weighted by Crippen LogP contribution is 2.19. The lowest BCUT2D eigenvalue weighted by molar-refractivity contribution is 0.174. The molecule has 1 unspecified atom stereocenters. The number of piperidine rings is 1. The van der Waals surface area contributed by atoms with E-state index in [1.165, 1.54) is 45.1 Å². The van der Waals surface area contributed by atoms with E-state index in [9.17, 15) is 0 Å². The Hall–Kier alpha value is 0.790. The minimum absolute atomic E-state index is 0. The van der Waals surface area contributed by atoms with Gasteiger partial charge in [0.2, 0.25) is 0 Å². The van der Waals surface area contributed by atoms with Crippen LogP contribution in [0, 0.1) is 0 Å². The molecule has 0 spiro atoms. The first-order chi connectivity index (χ1) is 5.84. The van der Waals surface area contributed by atoms with Crippen molar-refractivity contribution in [2.45, 2.75) is 44.6 Å². The van der Waals surface area contributed by atoms with Gasteiger partial charge in [-0.15, -0.1) is 17.0 Å². The molecule has 0 aromatic rings. The second-order valence-corrected chi connectivity index (χ2v) is 4.30. The predicted molar refractivity (Wildman–Crippen MR) is 68.3 cm³/mol. The summed E-state index contributed by atoms with van der Waals surface area (Å²) in [5.74, 6) is 1.05. The largest absolute Gasteiger partial charge is 0.303 e. The molecule has 1 atom stereocenters. The van der Waals surface area contributed by atoms with Gasteiger partial charge in [0.25, 0.3) is 0 Å². The first kappa shape index (κ1) is 13.8. The number of likely N-dealkylation sites (tertiary alicyclic amines) is 1. The highest BCUT2D eigenvalue weighted by molar-refractivity contribution is 8.93. The molecular weight excluding hydrogens is 246 g/mol. The van der Waals surface area contributed by atoms with Gasteiger partial charge in [-0.2, -0.15) is 12.6 Å². The first-order valence-corrected chi connectivity index (χ1v) is 5.79. The summed E-state index contributed by atoms with van der Waals surface area (Å²) in [4.78, 5) is 2.53. The number of hydrogen-bond acceptors (Lipinski definition) is 2. The molecule has 1 heterocycles. The Kier molecular flexibility index (Phi) is 8.62. The van der Waals surface area contributed by atoms with E-state index in [-0.39, 0.29) is 17.0 Å². The van der Waals surface area contributed by atoms with Crippen LogP contribution in [0.2, 0.25) is 0 Å². The minimum Gasteiger partial charge on any atom is -0.303 e. The summed E-state index contributed by atoms with van der Waals surface area (Å²) in [5.41, 5.74) is 0. The van der Waals surface area contributed by atoms with Crippen molar-refractivity contribution < 1.29 is 0 Å². The van der Waals surface area contributed by atoms with Crippen LogP contribution in [0.25, 0.3) is 0 Å². The predicted octanol–water partition coefficient (Wildman–Crippen LogP) is 3.15. The molecule has 0 bridgehead atoms. The van der Waals surface area contributed by atoms with E-state index in [4.69, 9.17) is 0 Å². The second-order valence-electron chi connectivity index (χ2n) is 3.85. The number of hydrogen-bond donors (Lipinski definition) is 1. The molecule has 80 valence electrons. The second kappa shape index (κ2) is 8.13. The summed E-state index contributed by atoms with van der Waals surface area (Å²) in [5, 5.41) is 0. The van der Waals surface area contributed by atoms with E-state index < -0.39 is 0 Å². The molecule has 0 aliphatic carbocycles. The summed E-state index contributed by atoms with van der Waals surface area (Å²) in [6.07, 6.45) is 8.29. The smallest absolute Gasteiger partial charge is 0.00922 e. The number of rotatable bonds is 4. The summed E-state index contributed by atoms with van der Waals surface area (Å²) in [6, 6.07) is 0.874. The van der Waals surface area contributed by atoms with Crippen LogP contribution in [0.1, 0.15) is 38.5 Å². The molecule has 1 saturated heterocycles. The van der Waals surface area contributed by atoms with Crippen molar-refractivity contribution in [3.8, 4) is 0 Å². The zero-order valence-corrected chi connectivity index (χ0v) is 11.1. The van der Waals surface area contributed by atoms with Crippen molar-refractivity contribution in [1.29, 1.82) is 0 Å². The van der Waals surface area contributed by atoms with Crippen molar-refractivity contribution in [2.75, 3.05) is 19.3 Å². The first-order valence-electron chi connectivity index (χ1n) is 5.15. The van der Waals surface area contributed by atoms with Crippen molar-refractivity contribution >= 4 is 29.6 Å². The molecule has 1 aliphatic heterocycles. The lowest BCUT2D eigenvalue weighted by atomic mass is 9.98. The van der Waals surface area contributed by atoms with Gasteiger partial charge in [-0.3, -0.25) is 0 Å². The lowest BCUT2D eigenvalue weighted by Gasteiger charge is -2.32. The van der Waals surface area contributed by atoms with Crippen LogP contribution in [0.4, 0.5) is 0 Å². The van der Waals surface area contributed by atoms with E-state index in [2.05, 4.69) is 24.6 Å². The molecule has 0 amide bonds. The molecule has 13 heavy (non-hydrogen) atoms. The number of unbranched alkanes of at least 4 members (excludes halogenated alkanes) is 1. The van der Waals surface area contributed by atoms with Gasteiger partial charge in [0, 0.05) is 6.04 Å². The molecule has 0 saturated carbocycles. The van der Waals surface area contributed by atoms with Crippen LogP contribution in [-0.2, 0) is 0 Å². The molecule has 1 rings (SSSR count). The third-order valence-corrected chi connectivity index (χ3v) is 3.18. The molecule has 0 N–H and O–H groups in total. The van der Waals surface area contributed by atoms with Gasteiger partial charge in [-0.25, -0.2) is 0 Å². The van der Waals surface area contributed by atoms with Crippen LogP contribution in [0.5, 0.6) is 0 Å². The SMILES string of the molecule is Br.CN1CCCCC1CCCCS. The van der Waals surface area contributed by atoms with Crippen LogP contribution in [-0.4, -0.2) is 30.3 Å². The maximum absolute atomic E-state index is 4.23. The monoisotopic (exact) mass is 267 g/mol. The fourth-order valence-corrected chi connectivity index (χ4v) is 2.22. The van der Waals surface area contributed by atoms with Gasteiger partial charge in [0.1, 0.15) is 0 Å². The van der Waals surface area contributed by atoms with Gasteiger partial charge in [-0.1, -0.05) is 12.8 Å². The zero-order valence-electron chi connectivity index (χ0n) is 8.54. The van der Waals surface area contributed by atoms with Crippen LogP contribution >= 0.6 is 29.6 Å². The lowest BCUT2D eigenvalue weighted by Crippen LogP contribution is -2.35. The van der Waals surface area contributed by atoms with Gasteiger partial charge in [0.05, 0.1) is 0 Å². The van der Waals surface area contributed by atoms with E-state index in [0.29, 0.717) is 0 Å². The fraction of sp³-hybridized carbons (Fsp3) is 1.00. The molecule has 0 aromatic carbocycles. The molecule has 1 aliphatic rings. The highest BCUT2D eigenvalue weighted by Gasteiger charge is 2.17. The topological polar surface area (TPSA) is 3.24 Å². The summed E-state index contributed by atoms with van der Waals surface area (Å²) < 4.78 is 0. The normalized spacial score (nSPS) is 24.0. The Bertz CT molecular complexity index is 121. The highest BCUT2D eigenvalue weighted by atomic mass is 79.9. The third-order valence-electron chi connectivity index (χ3n) is 2.87. The summed E-state index contributed by atoms with van der Waals surface area (Å²) in [6.45, 7) is 1.31. The molecule has 1 fully saturated rings. The molecule has 1 nitrogen and oxygen atoms in total. The Balaban J connectivity index is 0.00000144. The molecular formula is C10H22BrNS. The number of thiol groups is 1. The Morgan fingerprint density at radius 2 is 2.08 bits per heavy atom.